The molecule has 0 aliphatic carbocycles. The van der Waals surface area contributed by atoms with Gasteiger partial charge in [0.1, 0.15) is 11.5 Å². The van der Waals surface area contributed by atoms with Crippen molar-refractivity contribution in [1.29, 1.82) is 0 Å². The van der Waals surface area contributed by atoms with E-state index in [1.165, 1.54) is 0 Å². The number of nitrogens with zero attached hydrogens (tertiary/aromatic N) is 4. The Kier molecular flexibility index (Phi) is 6.26. The Labute approximate surface area is 171 Å². The maximum Gasteiger partial charge on any atom is 0.317 e. The molecule has 3 rings (SSSR count). The molecule has 0 unspecified atom stereocenters. The number of ether oxygens (including phenoxy) is 2. The number of aromatic nitrogens is 2. The summed E-state index contributed by atoms with van der Waals surface area (Å²) in [5.74, 6) is 2.34. The van der Waals surface area contributed by atoms with Gasteiger partial charge >= 0.3 is 6.03 Å². The highest BCUT2D eigenvalue weighted by Gasteiger charge is 2.25. The Bertz CT molecular complexity index is 815. The summed E-state index contributed by atoms with van der Waals surface area (Å²) >= 11 is 0. The summed E-state index contributed by atoms with van der Waals surface area (Å²) in [7, 11) is 3.19. The third-order valence-corrected chi connectivity index (χ3v) is 4.57. The molecule has 1 saturated heterocycles. The molecule has 2 aromatic rings. The number of urea groups is 1. The standard InChI is InChI=1S/C20H29N5O4/c1-20(2,3)22-19(26)25-8-6-24(7-9-25)13-17-21-18(29-23-17)14-10-15(27-4)12-16(11-14)28-5/h10-12H,6-9,13H2,1-5H3,(H,22,26). The lowest BCUT2D eigenvalue weighted by Gasteiger charge is -2.35. The van der Waals surface area contributed by atoms with Crippen LogP contribution in [0.5, 0.6) is 11.5 Å². The van der Waals surface area contributed by atoms with E-state index in [1.54, 1.807) is 20.3 Å². The van der Waals surface area contributed by atoms with E-state index in [0.29, 0.717) is 42.8 Å². The van der Waals surface area contributed by atoms with Gasteiger partial charge in [-0.3, -0.25) is 4.90 Å². The zero-order valence-corrected chi connectivity index (χ0v) is 17.7. The summed E-state index contributed by atoms with van der Waals surface area (Å²) < 4.78 is 16.0. The monoisotopic (exact) mass is 403 g/mol. The number of amides is 2. The molecule has 2 amide bonds. The minimum absolute atomic E-state index is 0.0223. The summed E-state index contributed by atoms with van der Waals surface area (Å²) in [6.07, 6.45) is 0. The molecule has 1 aliphatic heterocycles. The number of hydrogen-bond donors (Lipinski definition) is 1. The van der Waals surface area contributed by atoms with Crippen LogP contribution in [0.25, 0.3) is 11.5 Å². The van der Waals surface area contributed by atoms with Crippen LogP contribution in [0.3, 0.4) is 0 Å². The van der Waals surface area contributed by atoms with Crippen molar-refractivity contribution >= 4 is 6.03 Å². The first-order chi connectivity index (χ1) is 13.8. The molecule has 0 bridgehead atoms. The van der Waals surface area contributed by atoms with Crippen LogP contribution in [0.2, 0.25) is 0 Å². The van der Waals surface area contributed by atoms with Crippen molar-refractivity contribution in [3.05, 3.63) is 24.0 Å². The Hall–Kier alpha value is -2.81. The number of methoxy groups -OCH3 is 2. The molecule has 0 atom stereocenters. The van der Waals surface area contributed by atoms with Gasteiger partial charge in [0, 0.05) is 43.3 Å². The van der Waals surface area contributed by atoms with Crippen molar-refractivity contribution in [2.75, 3.05) is 40.4 Å². The van der Waals surface area contributed by atoms with Crippen LogP contribution in [-0.2, 0) is 6.54 Å². The first-order valence-corrected chi connectivity index (χ1v) is 9.63. The Morgan fingerprint density at radius 2 is 1.72 bits per heavy atom. The van der Waals surface area contributed by atoms with E-state index >= 15 is 0 Å². The molecule has 0 radical (unpaired) electrons. The molecule has 2 heterocycles. The molecule has 1 aromatic heterocycles. The molecule has 1 aliphatic rings. The average molecular weight is 403 g/mol. The normalized spacial score (nSPS) is 15.3. The fourth-order valence-electron chi connectivity index (χ4n) is 3.08. The van der Waals surface area contributed by atoms with E-state index in [2.05, 4.69) is 20.4 Å². The smallest absolute Gasteiger partial charge is 0.317 e. The fraction of sp³-hybridized carbons (Fsp3) is 0.550. The number of nitrogens with one attached hydrogen (secondary N) is 1. The minimum atomic E-state index is -0.238. The minimum Gasteiger partial charge on any atom is -0.497 e. The number of carbonyl (C=O) groups is 1. The molecule has 0 saturated carbocycles. The van der Waals surface area contributed by atoms with Gasteiger partial charge in [-0.1, -0.05) is 5.16 Å². The molecule has 158 valence electrons. The van der Waals surface area contributed by atoms with Gasteiger partial charge < -0.3 is 24.2 Å². The molecule has 1 fully saturated rings. The summed E-state index contributed by atoms with van der Waals surface area (Å²) in [5.41, 5.74) is 0.501. The predicted molar refractivity (Wildman–Crippen MR) is 108 cm³/mol. The van der Waals surface area contributed by atoms with Crippen molar-refractivity contribution in [2.24, 2.45) is 0 Å². The van der Waals surface area contributed by atoms with E-state index in [0.717, 1.165) is 18.7 Å². The topological polar surface area (TPSA) is 93.0 Å². The first-order valence-electron chi connectivity index (χ1n) is 9.63. The van der Waals surface area contributed by atoms with Crippen molar-refractivity contribution in [3.63, 3.8) is 0 Å². The van der Waals surface area contributed by atoms with Crippen LogP contribution >= 0.6 is 0 Å². The zero-order valence-electron chi connectivity index (χ0n) is 17.7. The number of piperazine rings is 1. The third-order valence-electron chi connectivity index (χ3n) is 4.57. The summed E-state index contributed by atoms with van der Waals surface area (Å²) in [6, 6.07) is 5.42. The van der Waals surface area contributed by atoms with E-state index in [4.69, 9.17) is 14.0 Å². The Balaban J connectivity index is 1.58. The van der Waals surface area contributed by atoms with Gasteiger partial charge in [0.05, 0.1) is 20.8 Å². The maximum absolute atomic E-state index is 12.3. The van der Waals surface area contributed by atoms with Gasteiger partial charge in [0.15, 0.2) is 5.82 Å². The molecule has 0 spiro atoms. The summed E-state index contributed by atoms with van der Waals surface area (Å²) in [5, 5.41) is 7.10. The van der Waals surface area contributed by atoms with Gasteiger partial charge in [-0.2, -0.15) is 4.98 Å². The third kappa shape index (κ3) is 5.60. The Morgan fingerprint density at radius 3 is 2.28 bits per heavy atom. The first kappa shape index (κ1) is 20.9. The zero-order chi connectivity index (χ0) is 21.0. The van der Waals surface area contributed by atoms with Gasteiger partial charge in [-0.05, 0) is 32.9 Å². The number of benzene rings is 1. The van der Waals surface area contributed by atoms with E-state index in [-0.39, 0.29) is 11.6 Å². The van der Waals surface area contributed by atoms with Gasteiger partial charge in [-0.25, -0.2) is 4.79 Å². The molecular weight excluding hydrogens is 374 g/mol. The van der Waals surface area contributed by atoms with Crippen LogP contribution < -0.4 is 14.8 Å². The second-order valence-electron chi connectivity index (χ2n) is 8.06. The van der Waals surface area contributed by atoms with Crippen LogP contribution in [-0.4, -0.2) is 71.9 Å². The second-order valence-corrected chi connectivity index (χ2v) is 8.06. The molecule has 9 heteroatoms. The highest BCUT2D eigenvalue weighted by Crippen LogP contribution is 2.28. The van der Waals surface area contributed by atoms with Gasteiger partial charge in [0.25, 0.3) is 5.89 Å². The van der Waals surface area contributed by atoms with Crippen LogP contribution in [0, 0.1) is 0 Å². The van der Waals surface area contributed by atoms with Crippen molar-refractivity contribution in [2.45, 2.75) is 32.9 Å². The van der Waals surface area contributed by atoms with Gasteiger partial charge in [0.2, 0.25) is 0 Å². The average Bonchev–Trinajstić information content (AvgIpc) is 3.15. The van der Waals surface area contributed by atoms with E-state index < -0.39 is 0 Å². The van der Waals surface area contributed by atoms with Crippen LogP contribution in [0.1, 0.15) is 26.6 Å². The quantitative estimate of drug-likeness (QED) is 0.819. The van der Waals surface area contributed by atoms with Crippen molar-refractivity contribution in [3.8, 4) is 23.0 Å². The molecular formula is C20H29N5O4. The number of rotatable bonds is 5. The number of carbonyl (C=O) groups excluding carboxylic acids is 1. The summed E-state index contributed by atoms with van der Waals surface area (Å²) in [6.45, 7) is 9.36. The van der Waals surface area contributed by atoms with Crippen molar-refractivity contribution in [1.82, 2.24) is 25.3 Å². The van der Waals surface area contributed by atoms with E-state index in [9.17, 15) is 4.79 Å². The lowest BCUT2D eigenvalue weighted by atomic mass is 10.1. The van der Waals surface area contributed by atoms with Crippen LogP contribution in [0.15, 0.2) is 22.7 Å². The lowest BCUT2D eigenvalue weighted by molar-refractivity contribution is 0.128. The predicted octanol–water partition coefficient (Wildman–Crippen LogP) is 2.38. The number of hydrogen-bond acceptors (Lipinski definition) is 7. The highest BCUT2D eigenvalue weighted by molar-refractivity contribution is 5.75. The summed E-state index contributed by atoms with van der Waals surface area (Å²) in [4.78, 5) is 20.8. The fourth-order valence-corrected chi connectivity index (χ4v) is 3.08. The van der Waals surface area contributed by atoms with Crippen molar-refractivity contribution < 1.29 is 18.8 Å². The molecule has 1 N–H and O–H groups in total. The van der Waals surface area contributed by atoms with E-state index in [1.807, 2.05) is 37.8 Å². The maximum atomic E-state index is 12.3. The lowest BCUT2D eigenvalue weighted by Crippen LogP contribution is -2.54. The highest BCUT2D eigenvalue weighted by atomic mass is 16.5. The largest absolute Gasteiger partial charge is 0.497 e. The molecule has 29 heavy (non-hydrogen) atoms. The van der Waals surface area contributed by atoms with Crippen LogP contribution in [0.4, 0.5) is 4.79 Å². The SMILES string of the molecule is COc1cc(OC)cc(-c2nc(CN3CCN(C(=O)NC(C)(C)C)CC3)no2)c1. The Morgan fingerprint density at radius 1 is 1.10 bits per heavy atom. The van der Waals surface area contributed by atoms with Gasteiger partial charge in [-0.15, -0.1) is 0 Å². The molecule has 9 nitrogen and oxygen atoms in total. The second kappa shape index (κ2) is 8.69. The molecule has 1 aromatic carbocycles.